The summed E-state index contributed by atoms with van der Waals surface area (Å²) < 4.78 is 19.4. The second kappa shape index (κ2) is 12.3. The van der Waals surface area contributed by atoms with Crippen molar-refractivity contribution >= 4 is 34.7 Å². The highest BCUT2D eigenvalue weighted by Crippen LogP contribution is 2.26. The minimum absolute atomic E-state index is 0.413. The van der Waals surface area contributed by atoms with Crippen molar-refractivity contribution in [3.05, 3.63) is 136 Å². The molecule has 0 saturated carbocycles. The minimum Gasteiger partial charge on any atom is -0.489 e. The molecule has 4 aromatic carbocycles. The third kappa shape index (κ3) is 7.49. The summed E-state index contributed by atoms with van der Waals surface area (Å²) in [4.78, 5) is 0. The lowest BCUT2D eigenvalue weighted by Crippen LogP contribution is -2.01. The largest absolute Gasteiger partial charge is 0.489 e. The molecular formula is C31H27IO3. The Morgan fingerprint density at radius 2 is 0.943 bits per heavy atom. The monoisotopic (exact) mass is 574 g/mol. The average Bonchev–Trinajstić information content (AvgIpc) is 2.91. The molecule has 0 radical (unpaired) electrons. The van der Waals surface area contributed by atoms with Gasteiger partial charge >= 0.3 is 0 Å². The van der Waals surface area contributed by atoms with E-state index in [1.165, 1.54) is 3.57 Å². The number of rotatable bonds is 11. The molecule has 4 aromatic rings. The first-order valence-corrected chi connectivity index (χ1v) is 12.4. The lowest BCUT2D eigenvalue weighted by molar-refractivity contribution is 0.281. The Kier molecular flexibility index (Phi) is 8.63. The summed E-state index contributed by atoms with van der Waals surface area (Å²) in [5.41, 5.74) is 5.31. The first-order chi connectivity index (χ1) is 17.1. The van der Waals surface area contributed by atoms with Crippen LogP contribution >= 0.6 is 22.6 Å². The summed E-state index contributed by atoms with van der Waals surface area (Å²) in [5, 5.41) is 0. The van der Waals surface area contributed by atoms with E-state index in [9.17, 15) is 0 Å². The molecule has 0 heterocycles. The molecule has 4 heteroatoms. The Labute approximate surface area is 220 Å². The van der Waals surface area contributed by atoms with Gasteiger partial charge in [0.05, 0.1) is 0 Å². The van der Waals surface area contributed by atoms with Crippen LogP contribution in [0.1, 0.15) is 27.8 Å². The summed E-state index contributed by atoms with van der Waals surface area (Å²) in [6.45, 7) is 8.94. The standard InChI is InChI=1S/C31H27IO3/c1-3-23-5-9-25(10-6-23)20-34-30-17-27(22-33-29-15-13-28(32)14-16-29)18-31(19-30)35-21-26-11-7-24(4-2)8-12-26/h3-19H,1-2,20-22H2. The van der Waals surface area contributed by atoms with Crippen LogP contribution in [0.3, 0.4) is 0 Å². The quantitative estimate of drug-likeness (QED) is 0.169. The zero-order valence-corrected chi connectivity index (χ0v) is 21.6. The van der Waals surface area contributed by atoms with Gasteiger partial charge in [0, 0.05) is 9.64 Å². The normalized spacial score (nSPS) is 10.4. The highest BCUT2D eigenvalue weighted by Gasteiger charge is 2.07. The smallest absolute Gasteiger partial charge is 0.123 e. The summed E-state index contributed by atoms with van der Waals surface area (Å²) in [6, 6.07) is 30.2. The molecule has 0 aliphatic carbocycles. The zero-order valence-electron chi connectivity index (χ0n) is 19.5. The van der Waals surface area contributed by atoms with Crippen molar-refractivity contribution in [1.29, 1.82) is 0 Å². The van der Waals surface area contributed by atoms with E-state index in [0.29, 0.717) is 19.8 Å². The third-order valence-corrected chi connectivity index (χ3v) is 6.12. The molecule has 0 N–H and O–H groups in total. The molecule has 35 heavy (non-hydrogen) atoms. The molecular weight excluding hydrogens is 547 g/mol. The average molecular weight is 574 g/mol. The zero-order chi connectivity index (χ0) is 24.5. The van der Waals surface area contributed by atoms with Gasteiger partial charge in [0.1, 0.15) is 37.1 Å². The van der Waals surface area contributed by atoms with Crippen LogP contribution in [0.15, 0.2) is 104 Å². The minimum atomic E-state index is 0.413. The van der Waals surface area contributed by atoms with E-state index in [-0.39, 0.29) is 0 Å². The Balaban J connectivity index is 1.48. The lowest BCUT2D eigenvalue weighted by Gasteiger charge is -2.14. The van der Waals surface area contributed by atoms with Crippen LogP contribution in [0.5, 0.6) is 17.2 Å². The Bertz CT molecular complexity index is 1190. The predicted octanol–water partition coefficient (Wildman–Crippen LogP) is 8.31. The maximum atomic E-state index is 6.12. The summed E-state index contributed by atoms with van der Waals surface area (Å²) in [5.74, 6) is 2.29. The van der Waals surface area contributed by atoms with Crippen molar-refractivity contribution < 1.29 is 14.2 Å². The van der Waals surface area contributed by atoms with Crippen LogP contribution in [-0.2, 0) is 19.8 Å². The lowest BCUT2D eigenvalue weighted by atomic mass is 10.1. The van der Waals surface area contributed by atoms with Crippen LogP contribution in [0.25, 0.3) is 12.2 Å². The summed E-state index contributed by atoms with van der Waals surface area (Å²) >= 11 is 2.28. The van der Waals surface area contributed by atoms with Gasteiger partial charge in [-0.25, -0.2) is 0 Å². The topological polar surface area (TPSA) is 27.7 Å². The van der Waals surface area contributed by atoms with Crippen LogP contribution in [0, 0.1) is 3.57 Å². The van der Waals surface area contributed by atoms with Gasteiger partial charge < -0.3 is 14.2 Å². The van der Waals surface area contributed by atoms with Crippen molar-refractivity contribution in [2.45, 2.75) is 19.8 Å². The number of ether oxygens (including phenoxy) is 3. The molecule has 0 aliphatic rings. The summed E-state index contributed by atoms with van der Waals surface area (Å²) in [7, 11) is 0. The molecule has 0 fully saturated rings. The van der Waals surface area contributed by atoms with E-state index in [4.69, 9.17) is 14.2 Å². The molecule has 176 valence electrons. The highest BCUT2D eigenvalue weighted by atomic mass is 127. The van der Waals surface area contributed by atoms with Gasteiger partial charge in [-0.2, -0.15) is 0 Å². The van der Waals surface area contributed by atoms with E-state index in [1.54, 1.807) is 0 Å². The van der Waals surface area contributed by atoms with E-state index >= 15 is 0 Å². The molecule has 0 spiro atoms. The second-order valence-corrected chi connectivity index (χ2v) is 9.27. The maximum absolute atomic E-state index is 6.12. The van der Waals surface area contributed by atoms with Crippen molar-refractivity contribution in [3.8, 4) is 17.2 Å². The van der Waals surface area contributed by atoms with Crippen molar-refractivity contribution in [1.82, 2.24) is 0 Å². The molecule has 0 aromatic heterocycles. The Hall–Kier alpha value is -3.51. The number of hydrogen-bond donors (Lipinski definition) is 0. The van der Waals surface area contributed by atoms with Crippen molar-refractivity contribution in [3.63, 3.8) is 0 Å². The van der Waals surface area contributed by atoms with Crippen LogP contribution in [-0.4, -0.2) is 0 Å². The second-order valence-electron chi connectivity index (χ2n) is 8.02. The van der Waals surface area contributed by atoms with E-state index in [1.807, 2.05) is 103 Å². The number of benzene rings is 4. The molecule has 3 nitrogen and oxygen atoms in total. The van der Waals surface area contributed by atoms with Crippen LogP contribution < -0.4 is 14.2 Å². The summed E-state index contributed by atoms with van der Waals surface area (Å²) in [6.07, 6.45) is 3.66. The van der Waals surface area contributed by atoms with Gasteiger partial charge in [-0.05, 0) is 86.8 Å². The molecule has 4 rings (SSSR count). The third-order valence-electron chi connectivity index (χ3n) is 5.40. The van der Waals surface area contributed by atoms with E-state index < -0.39 is 0 Å². The fourth-order valence-corrected chi connectivity index (χ4v) is 3.77. The van der Waals surface area contributed by atoms with E-state index in [0.717, 1.165) is 45.1 Å². The van der Waals surface area contributed by atoms with Crippen molar-refractivity contribution in [2.75, 3.05) is 0 Å². The fraction of sp³-hybridized carbons (Fsp3) is 0.0968. The van der Waals surface area contributed by atoms with Gasteiger partial charge in [0.2, 0.25) is 0 Å². The maximum Gasteiger partial charge on any atom is 0.123 e. The van der Waals surface area contributed by atoms with Crippen molar-refractivity contribution in [2.24, 2.45) is 0 Å². The van der Waals surface area contributed by atoms with Gasteiger partial charge in [0.15, 0.2) is 0 Å². The molecule has 0 atom stereocenters. The highest BCUT2D eigenvalue weighted by molar-refractivity contribution is 14.1. The predicted molar refractivity (Wildman–Crippen MR) is 152 cm³/mol. The van der Waals surface area contributed by atoms with Gasteiger partial charge in [0.25, 0.3) is 0 Å². The Morgan fingerprint density at radius 3 is 1.40 bits per heavy atom. The van der Waals surface area contributed by atoms with Crippen LogP contribution in [0.2, 0.25) is 0 Å². The molecule has 0 unspecified atom stereocenters. The molecule has 0 bridgehead atoms. The Morgan fingerprint density at radius 1 is 0.514 bits per heavy atom. The SMILES string of the molecule is C=Cc1ccc(COc2cc(COc3ccc(I)cc3)cc(OCc3ccc(C=C)cc3)c2)cc1. The first kappa shape index (κ1) is 24.6. The van der Waals surface area contributed by atoms with Gasteiger partial charge in [-0.3, -0.25) is 0 Å². The molecule has 0 saturated heterocycles. The number of halogens is 1. The van der Waals surface area contributed by atoms with Crippen LogP contribution in [0.4, 0.5) is 0 Å². The fourth-order valence-electron chi connectivity index (χ4n) is 3.41. The van der Waals surface area contributed by atoms with Gasteiger partial charge in [-0.15, -0.1) is 0 Å². The van der Waals surface area contributed by atoms with Gasteiger partial charge in [-0.1, -0.05) is 73.8 Å². The molecule has 0 aliphatic heterocycles. The van der Waals surface area contributed by atoms with E-state index in [2.05, 4.69) is 35.7 Å². The molecule has 0 amide bonds. The number of hydrogen-bond acceptors (Lipinski definition) is 3. The first-order valence-electron chi connectivity index (χ1n) is 11.3.